The van der Waals surface area contributed by atoms with Gasteiger partial charge in [0.1, 0.15) is 11.5 Å². The van der Waals surface area contributed by atoms with Crippen molar-refractivity contribution in [1.29, 1.82) is 0 Å². The molecule has 1 spiro atoms. The first-order chi connectivity index (χ1) is 20.6. The Labute approximate surface area is 253 Å². The summed E-state index contributed by atoms with van der Waals surface area (Å²) in [7, 11) is 0. The maximum absolute atomic E-state index is 7.07. The van der Waals surface area contributed by atoms with Gasteiger partial charge in [-0.1, -0.05) is 61.7 Å². The molecular formula is C39H36N2O2. The highest BCUT2D eigenvalue weighted by atomic mass is 16.7. The van der Waals surface area contributed by atoms with Crippen LogP contribution >= 0.6 is 0 Å². The fraction of sp³-hybridized carbons (Fsp3) is 0.231. The van der Waals surface area contributed by atoms with Crippen LogP contribution in [0.2, 0.25) is 0 Å². The van der Waals surface area contributed by atoms with E-state index in [0.717, 1.165) is 57.3 Å². The van der Waals surface area contributed by atoms with E-state index in [1.807, 2.05) is 6.08 Å². The summed E-state index contributed by atoms with van der Waals surface area (Å²) in [5.74, 6) is 0.801. The van der Waals surface area contributed by atoms with Gasteiger partial charge in [-0.3, -0.25) is 0 Å². The van der Waals surface area contributed by atoms with E-state index in [9.17, 15) is 0 Å². The van der Waals surface area contributed by atoms with E-state index in [0.29, 0.717) is 0 Å². The summed E-state index contributed by atoms with van der Waals surface area (Å²) in [5.41, 5.74) is 10.6. The van der Waals surface area contributed by atoms with Crippen molar-refractivity contribution in [1.82, 2.24) is 4.57 Å². The minimum atomic E-state index is -0.919. The highest BCUT2D eigenvalue weighted by molar-refractivity contribution is 5.90. The Bertz CT molecular complexity index is 2030. The van der Waals surface area contributed by atoms with E-state index in [2.05, 4.69) is 142 Å². The van der Waals surface area contributed by atoms with Crippen LogP contribution in [0.25, 0.3) is 22.7 Å². The molecule has 4 heteroatoms. The molecule has 214 valence electrons. The molecule has 5 aromatic rings. The van der Waals surface area contributed by atoms with Crippen LogP contribution in [0.5, 0.6) is 11.5 Å². The minimum absolute atomic E-state index is 0.424. The average Bonchev–Trinajstić information content (AvgIpc) is 3.63. The van der Waals surface area contributed by atoms with Gasteiger partial charge in [0, 0.05) is 63.5 Å². The number of ether oxygens (including phenoxy) is 2. The smallest absolute Gasteiger partial charge is 0.269 e. The Morgan fingerprint density at radius 1 is 0.767 bits per heavy atom. The molecule has 0 saturated carbocycles. The molecule has 8 rings (SSSR count). The van der Waals surface area contributed by atoms with E-state index in [1.165, 1.54) is 22.2 Å². The lowest BCUT2D eigenvalue weighted by molar-refractivity contribution is -0.169. The van der Waals surface area contributed by atoms with Gasteiger partial charge in [-0.25, -0.2) is 0 Å². The highest BCUT2D eigenvalue weighted by Gasteiger charge is 2.69. The lowest BCUT2D eigenvalue weighted by atomic mass is 9.65. The monoisotopic (exact) mass is 564 g/mol. The topological polar surface area (TPSA) is 26.6 Å². The molecule has 0 saturated heterocycles. The van der Waals surface area contributed by atoms with Crippen LogP contribution in [0.4, 0.5) is 11.4 Å². The van der Waals surface area contributed by atoms with Gasteiger partial charge in [0.05, 0.1) is 16.3 Å². The fourth-order valence-electron chi connectivity index (χ4n) is 8.09. The molecule has 4 nitrogen and oxygen atoms in total. The largest absolute Gasteiger partial charge is 0.450 e. The lowest BCUT2D eigenvalue weighted by Gasteiger charge is -2.44. The fourth-order valence-corrected chi connectivity index (χ4v) is 8.09. The average molecular weight is 565 g/mol. The van der Waals surface area contributed by atoms with Gasteiger partial charge >= 0.3 is 0 Å². The Kier molecular flexibility index (Phi) is 5.10. The molecule has 3 aliphatic rings. The number of anilines is 2. The number of aryl methyl sites for hydroxylation is 1. The van der Waals surface area contributed by atoms with Gasteiger partial charge in [-0.15, -0.1) is 0 Å². The molecule has 1 aromatic heterocycles. The predicted octanol–water partition coefficient (Wildman–Crippen LogP) is 9.53. The van der Waals surface area contributed by atoms with Gasteiger partial charge in [-0.05, 0) is 76.1 Å². The SMILES string of the molecule is C=Cc1c(C)c2ccccc2n1-c1ccc2c(c1)OC1(Oc3cc(N4C(=C)Cc5ccccc54)ccc3C1(C)C)C2(C)C. The zero-order valence-corrected chi connectivity index (χ0v) is 25.5. The van der Waals surface area contributed by atoms with Crippen molar-refractivity contribution in [3.05, 3.63) is 132 Å². The molecule has 0 N–H and O–H groups in total. The standard InChI is InChI=1S/C39H36N2O2/c1-8-32-25(3)29-14-10-12-16-34(29)41(32)28-18-20-31-36(23-28)43-39(38(31,6)7)37(4,5)30-19-17-27(22-35(30)42-39)40-24(2)21-26-13-9-11-15-33(26)40/h8-20,22-23H,1-2,21H2,3-7H3. The summed E-state index contributed by atoms with van der Waals surface area (Å²) in [6.07, 6.45) is 2.79. The van der Waals surface area contributed by atoms with Crippen LogP contribution in [0.15, 0.2) is 104 Å². The van der Waals surface area contributed by atoms with Gasteiger partial charge in [0.2, 0.25) is 0 Å². The predicted molar refractivity (Wildman–Crippen MR) is 176 cm³/mol. The molecular weight excluding hydrogens is 528 g/mol. The number of allylic oxidation sites excluding steroid dienone is 1. The zero-order chi connectivity index (χ0) is 29.9. The highest BCUT2D eigenvalue weighted by Crippen LogP contribution is 2.63. The lowest BCUT2D eigenvalue weighted by Crippen LogP contribution is -2.61. The Morgan fingerprint density at radius 3 is 2.07 bits per heavy atom. The van der Waals surface area contributed by atoms with E-state index in [1.54, 1.807) is 0 Å². The quantitative estimate of drug-likeness (QED) is 0.218. The molecule has 0 aliphatic carbocycles. The first kappa shape index (κ1) is 26.0. The molecule has 0 fully saturated rings. The summed E-state index contributed by atoms with van der Waals surface area (Å²) >= 11 is 0. The zero-order valence-electron chi connectivity index (χ0n) is 25.5. The maximum Gasteiger partial charge on any atom is 0.269 e. The molecule has 0 amide bonds. The van der Waals surface area contributed by atoms with Crippen LogP contribution in [0.1, 0.15) is 55.6 Å². The van der Waals surface area contributed by atoms with Crippen LogP contribution in [-0.4, -0.2) is 10.4 Å². The van der Waals surface area contributed by atoms with Gasteiger partial charge in [-0.2, -0.15) is 0 Å². The number of nitrogens with zero attached hydrogens (tertiary/aromatic N) is 2. The number of aromatic nitrogens is 1. The molecule has 4 heterocycles. The molecule has 0 bridgehead atoms. The number of rotatable bonds is 3. The molecule has 43 heavy (non-hydrogen) atoms. The van der Waals surface area contributed by atoms with Gasteiger partial charge in [0.15, 0.2) is 0 Å². The van der Waals surface area contributed by atoms with Crippen LogP contribution in [-0.2, 0) is 17.3 Å². The molecule has 1 atom stereocenters. The summed E-state index contributed by atoms with van der Waals surface area (Å²) in [6, 6.07) is 30.2. The van der Waals surface area contributed by atoms with E-state index < -0.39 is 16.6 Å². The van der Waals surface area contributed by atoms with Crippen molar-refractivity contribution in [2.75, 3.05) is 4.90 Å². The summed E-state index contributed by atoms with van der Waals surface area (Å²) in [6.45, 7) is 19.7. The van der Waals surface area contributed by atoms with Crippen LogP contribution < -0.4 is 14.4 Å². The minimum Gasteiger partial charge on any atom is -0.450 e. The van der Waals surface area contributed by atoms with Crippen molar-refractivity contribution < 1.29 is 9.47 Å². The van der Waals surface area contributed by atoms with Crippen molar-refractivity contribution in [3.63, 3.8) is 0 Å². The number of hydrogen-bond donors (Lipinski definition) is 0. The van der Waals surface area contributed by atoms with Crippen LogP contribution in [0, 0.1) is 6.92 Å². The Balaban J connectivity index is 1.22. The summed E-state index contributed by atoms with van der Waals surface area (Å²) < 4.78 is 16.4. The van der Waals surface area contributed by atoms with Gasteiger partial charge < -0.3 is 18.9 Å². The van der Waals surface area contributed by atoms with Crippen molar-refractivity contribution in [2.24, 2.45) is 0 Å². The molecule has 4 aromatic carbocycles. The number of hydrogen-bond acceptors (Lipinski definition) is 3. The van der Waals surface area contributed by atoms with Crippen molar-refractivity contribution >= 4 is 28.4 Å². The summed E-state index contributed by atoms with van der Waals surface area (Å²) in [4.78, 5) is 2.25. The van der Waals surface area contributed by atoms with Crippen molar-refractivity contribution in [2.45, 2.75) is 57.7 Å². The van der Waals surface area contributed by atoms with Gasteiger partial charge in [0.25, 0.3) is 5.79 Å². The molecule has 3 aliphatic heterocycles. The number of para-hydroxylation sites is 2. The second kappa shape index (κ2) is 8.44. The summed E-state index contributed by atoms with van der Waals surface area (Å²) in [5, 5.41) is 1.23. The maximum atomic E-state index is 7.07. The third-order valence-corrected chi connectivity index (χ3v) is 10.3. The van der Waals surface area contributed by atoms with E-state index in [-0.39, 0.29) is 0 Å². The molecule has 1 unspecified atom stereocenters. The third-order valence-electron chi connectivity index (χ3n) is 10.3. The molecule has 0 radical (unpaired) electrons. The second-order valence-corrected chi connectivity index (χ2v) is 13.2. The second-order valence-electron chi connectivity index (χ2n) is 13.2. The first-order valence-corrected chi connectivity index (χ1v) is 15.0. The van der Waals surface area contributed by atoms with Crippen molar-refractivity contribution in [3.8, 4) is 17.2 Å². The number of benzene rings is 4. The Hall–Kier alpha value is -4.70. The van der Waals surface area contributed by atoms with E-state index >= 15 is 0 Å². The Morgan fingerprint density at radius 2 is 1.37 bits per heavy atom. The normalized spacial score (nSPS) is 20.6. The van der Waals surface area contributed by atoms with E-state index in [4.69, 9.17) is 9.47 Å². The third kappa shape index (κ3) is 3.16. The van der Waals surface area contributed by atoms with Crippen LogP contribution in [0.3, 0.4) is 0 Å². The number of fused-ring (bicyclic) bond motifs is 4. The first-order valence-electron chi connectivity index (χ1n) is 15.0.